The number of rotatable bonds is 3. The van der Waals surface area contributed by atoms with Crippen molar-refractivity contribution in [1.82, 2.24) is 0 Å². The summed E-state index contributed by atoms with van der Waals surface area (Å²) in [4.78, 5) is 11.6. The lowest BCUT2D eigenvalue weighted by molar-refractivity contribution is 0.306. The van der Waals surface area contributed by atoms with E-state index in [0.29, 0.717) is 16.9 Å². The minimum absolute atomic E-state index is 0.246. The molecule has 0 bridgehead atoms. The normalized spacial score (nSPS) is 10.4. The van der Waals surface area contributed by atoms with E-state index in [-0.39, 0.29) is 6.61 Å². The van der Waals surface area contributed by atoms with Gasteiger partial charge in [-0.3, -0.25) is 0 Å². The van der Waals surface area contributed by atoms with Gasteiger partial charge in [-0.05, 0) is 42.5 Å². The van der Waals surface area contributed by atoms with Gasteiger partial charge in [0.25, 0.3) is 0 Å². The van der Waals surface area contributed by atoms with Gasteiger partial charge in [0.1, 0.15) is 17.9 Å². The summed E-state index contributed by atoms with van der Waals surface area (Å²) in [6, 6.07) is 15.8. The van der Waals surface area contributed by atoms with Crippen LogP contribution in [0.5, 0.6) is 5.75 Å². The van der Waals surface area contributed by atoms with Crippen LogP contribution in [0.2, 0.25) is 0 Å². The minimum Gasteiger partial charge on any atom is -0.489 e. The number of hydrogen-bond donors (Lipinski definition) is 0. The number of hydrogen-bond acceptors (Lipinski definition) is 4. The van der Waals surface area contributed by atoms with E-state index >= 15 is 0 Å². The Hall–Kier alpha value is -2.58. The highest BCUT2D eigenvalue weighted by Crippen LogP contribution is 2.23. The molecule has 0 saturated carbocycles. The van der Waals surface area contributed by atoms with Crippen LogP contribution in [0.4, 0.5) is 0 Å². The fraction of sp³-hybridized carbons (Fsp3) is 0.0588. The van der Waals surface area contributed by atoms with Gasteiger partial charge in [-0.2, -0.15) is 5.26 Å². The van der Waals surface area contributed by atoms with Gasteiger partial charge in [0, 0.05) is 21.5 Å². The third kappa shape index (κ3) is 3.02. The molecule has 22 heavy (non-hydrogen) atoms. The predicted octanol–water partition coefficient (Wildman–Crippen LogP) is 4.01. The molecular formula is C17H10BrNO3. The van der Waals surface area contributed by atoms with Crippen molar-refractivity contribution >= 4 is 26.9 Å². The van der Waals surface area contributed by atoms with Gasteiger partial charge in [-0.25, -0.2) is 4.79 Å². The number of nitrogens with zero attached hydrogens (tertiary/aromatic N) is 1. The third-order valence-electron chi connectivity index (χ3n) is 3.17. The number of benzene rings is 2. The molecule has 0 aliphatic carbocycles. The Morgan fingerprint density at radius 3 is 2.64 bits per heavy atom. The SMILES string of the molecule is N#Cc1ccc(OCc2cc(=O)oc3cc(Br)ccc23)cc1. The van der Waals surface area contributed by atoms with Gasteiger partial charge in [0.15, 0.2) is 0 Å². The Morgan fingerprint density at radius 2 is 1.91 bits per heavy atom. The maximum absolute atomic E-state index is 11.6. The van der Waals surface area contributed by atoms with E-state index in [1.54, 1.807) is 30.3 Å². The second-order valence-electron chi connectivity index (χ2n) is 4.66. The van der Waals surface area contributed by atoms with Crippen molar-refractivity contribution in [3.63, 3.8) is 0 Å². The summed E-state index contributed by atoms with van der Waals surface area (Å²) in [6.45, 7) is 0.246. The molecule has 0 amide bonds. The van der Waals surface area contributed by atoms with Crippen molar-refractivity contribution in [1.29, 1.82) is 5.26 Å². The fourth-order valence-electron chi connectivity index (χ4n) is 2.11. The van der Waals surface area contributed by atoms with E-state index in [2.05, 4.69) is 22.0 Å². The maximum Gasteiger partial charge on any atom is 0.336 e. The van der Waals surface area contributed by atoms with Crippen LogP contribution in [0.15, 0.2) is 62.2 Å². The van der Waals surface area contributed by atoms with Gasteiger partial charge in [0.05, 0.1) is 11.6 Å². The van der Waals surface area contributed by atoms with Crippen molar-refractivity contribution in [2.75, 3.05) is 0 Å². The zero-order valence-electron chi connectivity index (χ0n) is 11.4. The first-order chi connectivity index (χ1) is 10.7. The average Bonchev–Trinajstić information content (AvgIpc) is 2.52. The van der Waals surface area contributed by atoms with Gasteiger partial charge in [-0.15, -0.1) is 0 Å². The van der Waals surface area contributed by atoms with E-state index < -0.39 is 5.63 Å². The highest BCUT2D eigenvalue weighted by molar-refractivity contribution is 9.10. The minimum atomic E-state index is -0.413. The molecule has 1 heterocycles. The lowest BCUT2D eigenvalue weighted by Gasteiger charge is -2.08. The van der Waals surface area contributed by atoms with Crippen molar-refractivity contribution < 1.29 is 9.15 Å². The molecule has 0 aliphatic heterocycles. The largest absolute Gasteiger partial charge is 0.489 e. The number of fused-ring (bicyclic) bond motifs is 1. The molecule has 0 unspecified atom stereocenters. The Bertz CT molecular complexity index is 923. The molecule has 0 atom stereocenters. The highest BCUT2D eigenvalue weighted by Gasteiger charge is 2.07. The van der Waals surface area contributed by atoms with Crippen molar-refractivity contribution in [3.8, 4) is 11.8 Å². The Kier molecular flexibility index (Phi) is 3.94. The molecule has 108 valence electrons. The molecule has 0 radical (unpaired) electrons. The quantitative estimate of drug-likeness (QED) is 0.666. The second-order valence-corrected chi connectivity index (χ2v) is 5.57. The molecule has 0 fully saturated rings. The van der Waals surface area contributed by atoms with Gasteiger partial charge in [-0.1, -0.05) is 15.9 Å². The van der Waals surface area contributed by atoms with Crippen molar-refractivity contribution in [2.24, 2.45) is 0 Å². The van der Waals surface area contributed by atoms with Crippen LogP contribution < -0.4 is 10.4 Å². The van der Waals surface area contributed by atoms with E-state index in [9.17, 15) is 4.79 Å². The number of nitriles is 1. The molecule has 1 aromatic heterocycles. The van der Waals surface area contributed by atoms with Crippen LogP contribution in [0.3, 0.4) is 0 Å². The average molecular weight is 356 g/mol. The molecule has 3 rings (SSSR count). The first-order valence-electron chi connectivity index (χ1n) is 6.51. The number of ether oxygens (including phenoxy) is 1. The molecule has 0 N–H and O–H groups in total. The van der Waals surface area contributed by atoms with Gasteiger partial charge >= 0.3 is 5.63 Å². The molecule has 3 aromatic rings. The van der Waals surface area contributed by atoms with Gasteiger partial charge in [0.2, 0.25) is 0 Å². The van der Waals surface area contributed by atoms with Crippen LogP contribution >= 0.6 is 15.9 Å². The van der Waals surface area contributed by atoms with Crippen molar-refractivity contribution in [3.05, 3.63) is 74.6 Å². The first kappa shape index (κ1) is 14.4. The molecule has 0 spiro atoms. The van der Waals surface area contributed by atoms with Crippen LogP contribution in [0.25, 0.3) is 11.0 Å². The fourth-order valence-corrected chi connectivity index (χ4v) is 2.45. The summed E-state index contributed by atoms with van der Waals surface area (Å²) >= 11 is 3.35. The van der Waals surface area contributed by atoms with Crippen molar-refractivity contribution in [2.45, 2.75) is 6.61 Å². The van der Waals surface area contributed by atoms with Crippen LogP contribution in [-0.2, 0) is 6.61 Å². The summed E-state index contributed by atoms with van der Waals surface area (Å²) in [6.07, 6.45) is 0. The van der Waals surface area contributed by atoms with E-state index in [1.807, 2.05) is 12.1 Å². The Balaban J connectivity index is 1.90. The summed E-state index contributed by atoms with van der Waals surface area (Å²) in [5, 5.41) is 9.60. The second kappa shape index (κ2) is 6.04. The van der Waals surface area contributed by atoms with E-state index in [0.717, 1.165) is 15.4 Å². The predicted molar refractivity (Wildman–Crippen MR) is 85.7 cm³/mol. The lowest BCUT2D eigenvalue weighted by Crippen LogP contribution is -2.04. The topological polar surface area (TPSA) is 63.2 Å². The summed E-state index contributed by atoms with van der Waals surface area (Å²) in [5.74, 6) is 0.637. The zero-order chi connectivity index (χ0) is 15.5. The smallest absolute Gasteiger partial charge is 0.336 e. The van der Waals surface area contributed by atoms with Crippen LogP contribution in [0.1, 0.15) is 11.1 Å². The summed E-state index contributed by atoms with van der Waals surface area (Å²) in [5.41, 5.74) is 1.43. The molecular weight excluding hydrogens is 346 g/mol. The Morgan fingerprint density at radius 1 is 1.14 bits per heavy atom. The monoisotopic (exact) mass is 355 g/mol. The first-order valence-corrected chi connectivity index (χ1v) is 7.30. The summed E-state index contributed by atoms with van der Waals surface area (Å²) < 4.78 is 11.7. The van der Waals surface area contributed by atoms with E-state index in [1.165, 1.54) is 6.07 Å². The molecule has 0 aliphatic rings. The maximum atomic E-state index is 11.6. The summed E-state index contributed by atoms with van der Waals surface area (Å²) in [7, 11) is 0. The van der Waals surface area contributed by atoms with Crippen LogP contribution in [-0.4, -0.2) is 0 Å². The van der Waals surface area contributed by atoms with Crippen LogP contribution in [0, 0.1) is 11.3 Å². The lowest BCUT2D eigenvalue weighted by atomic mass is 10.1. The third-order valence-corrected chi connectivity index (χ3v) is 3.66. The molecule has 2 aromatic carbocycles. The molecule has 4 nitrogen and oxygen atoms in total. The standard InChI is InChI=1S/C17H10BrNO3/c18-13-3-6-15-12(7-17(20)22-16(15)8-13)10-21-14-4-1-11(9-19)2-5-14/h1-8H,10H2. The van der Waals surface area contributed by atoms with Gasteiger partial charge < -0.3 is 9.15 Å². The zero-order valence-corrected chi connectivity index (χ0v) is 13.0. The highest BCUT2D eigenvalue weighted by atomic mass is 79.9. The molecule has 0 saturated heterocycles. The Labute approximate surface area is 134 Å². The number of halogens is 1. The molecule has 5 heteroatoms. The van der Waals surface area contributed by atoms with E-state index in [4.69, 9.17) is 14.4 Å².